The summed E-state index contributed by atoms with van der Waals surface area (Å²) in [6, 6.07) is 26.9. The van der Waals surface area contributed by atoms with Gasteiger partial charge in [-0.05, 0) is 104 Å². The number of nitrogens with zero attached hydrogens (tertiary/aromatic N) is 1. The first kappa shape index (κ1) is 24.2. The number of hydrogen-bond donors (Lipinski definition) is 0. The monoisotopic (exact) mass is 481 g/mol. The highest BCUT2D eigenvalue weighted by atomic mass is 16.5. The molecule has 1 aliphatic heterocycles. The number of para-hydroxylation sites is 1. The van der Waals surface area contributed by atoms with Crippen molar-refractivity contribution in [2.45, 2.75) is 32.1 Å². The van der Waals surface area contributed by atoms with Gasteiger partial charge in [-0.1, -0.05) is 42.8 Å². The number of rotatable bonds is 9. The van der Waals surface area contributed by atoms with Gasteiger partial charge >= 0.3 is 0 Å². The van der Waals surface area contributed by atoms with Crippen molar-refractivity contribution in [3.63, 3.8) is 0 Å². The van der Waals surface area contributed by atoms with Crippen molar-refractivity contribution in [3.8, 4) is 34.1 Å². The molecule has 0 atom stereocenters. The quantitative estimate of drug-likeness (QED) is 0.245. The van der Waals surface area contributed by atoms with Crippen LogP contribution in [0.15, 0.2) is 78.9 Å². The van der Waals surface area contributed by atoms with Crippen LogP contribution in [0, 0.1) is 0 Å². The molecule has 0 N–H and O–H groups in total. The molecule has 4 heteroatoms. The number of benzene rings is 4. The lowest BCUT2D eigenvalue weighted by Crippen LogP contribution is -2.30. The second kappa shape index (κ2) is 11.5. The Morgan fingerprint density at radius 2 is 1.44 bits per heavy atom. The summed E-state index contributed by atoms with van der Waals surface area (Å²) >= 11 is 0. The number of likely N-dealkylation sites (tertiary alicyclic amines) is 1. The van der Waals surface area contributed by atoms with Crippen LogP contribution in [0.25, 0.3) is 21.9 Å². The predicted octanol–water partition coefficient (Wildman–Crippen LogP) is 7.73. The minimum Gasteiger partial charge on any atom is -0.497 e. The third kappa shape index (κ3) is 5.50. The fourth-order valence-corrected chi connectivity index (χ4v) is 5.19. The Balaban J connectivity index is 1.61. The van der Waals surface area contributed by atoms with Gasteiger partial charge in [0.25, 0.3) is 0 Å². The Morgan fingerprint density at radius 3 is 2.17 bits per heavy atom. The van der Waals surface area contributed by atoms with Gasteiger partial charge in [0.05, 0.1) is 14.2 Å². The lowest BCUT2D eigenvalue weighted by molar-refractivity contribution is 0.226. The zero-order valence-corrected chi connectivity index (χ0v) is 21.3. The Bertz CT molecular complexity index is 1280. The summed E-state index contributed by atoms with van der Waals surface area (Å²) in [5.41, 5.74) is 3.58. The standard InChI is InChI=1S/C32H35NO3/c1-34-27-15-13-24(14-16-27)31-25(10-9-21-33-19-7-4-8-20-33)22-26-23-29(35-2)17-18-30(26)32(31)36-28-11-5-3-6-12-28/h3,5-6,11-18,22-23H,4,7-10,19-21H2,1-2H3. The van der Waals surface area contributed by atoms with E-state index in [0.29, 0.717) is 0 Å². The van der Waals surface area contributed by atoms with E-state index >= 15 is 0 Å². The van der Waals surface area contributed by atoms with Crippen molar-refractivity contribution < 1.29 is 14.2 Å². The fourth-order valence-electron chi connectivity index (χ4n) is 5.19. The zero-order chi connectivity index (χ0) is 24.7. The lowest BCUT2D eigenvalue weighted by Gasteiger charge is -2.26. The van der Waals surface area contributed by atoms with Crippen molar-refractivity contribution in [1.82, 2.24) is 4.90 Å². The molecule has 0 amide bonds. The summed E-state index contributed by atoms with van der Waals surface area (Å²) in [5.74, 6) is 3.42. The van der Waals surface area contributed by atoms with Crippen LogP contribution in [-0.2, 0) is 6.42 Å². The van der Waals surface area contributed by atoms with Crippen LogP contribution in [0.1, 0.15) is 31.2 Å². The van der Waals surface area contributed by atoms with E-state index in [-0.39, 0.29) is 0 Å². The van der Waals surface area contributed by atoms with Crippen molar-refractivity contribution in [2.75, 3.05) is 33.9 Å². The first-order valence-corrected chi connectivity index (χ1v) is 13.0. The highest BCUT2D eigenvalue weighted by molar-refractivity contribution is 5.98. The molecule has 0 unspecified atom stereocenters. The van der Waals surface area contributed by atoms with E-state index in [1.54, 1.807) is 14.2 Å². The molecular weight excluding hydrogens is 446 g/mol. The number of piperidine rings is 1. The summed E-state index contributed by atoms with van der Waals surface area (Å²) in [6.07, 6.45) is 6.11. The number of aryl methyl sites for hydroxylation is 1. The van der Waals surface area contributed by atoms with Crippen LogP contribution >= 0.6 is 0 Å². The van der Waals surface area contributed by atoms with Crippen LogP contribution in [0.3, 0.4) is 0 Å². The molecule has 0 aliphatic carbocycles. The fraction of sp³-hybridized carbons (Fsp3) is 0.312. The van der Waals surface area contributed by atoms with E-state index < -0.39 is 0 Å². The van der Waals surface area contributed by atoms with Crippen molar-refractivity contribution >= 4 is 10.8 Å². The highest BCUT2D eigenvalue weighted by Gasteiger charge is 2.19. The van der Waals surface area contributed by atoms with E-state index in [9.17, 15) is 0 Å². The van der Waals surface area contributed by atoms with Crippen LogP contribution < -0.4 is 14.2 Å². The minimum atomic E-state index is 0.829. The van der Waals surface area contributed by atoms with Crippen LogP contribution in [-0.4, -0.2) is 38.8 Å². The maximum absolute atomic E-state index is 6.66. The molecule has 1 saturated heterocycles. The van der Waals surface area contributed by atoms with Gasteiger partial charge in [0.1, 0.15) is 23.0 Å². The molecule has 0 aromatic heterocycles. The largest absolute Gasteiger partial charge is 0.497 e. The summed E-state index contributed by atoms with van der Waals surface area (Å²) < 4.78 is 17.7. The minimum absolute atomic E-state index is 0.829. The Hall–Kier alpha value is -3.50. The van der Waals surface area contributed by atoms with Gasteiger partial charge in [-0.3, -0.25) is 0 Å². The maximum atomic E-state index is 6.66. The number of ether oxygens (including phenoxy) is 3. The molecule has 5 rings (SSSR count). The molecule has 1 heterocycles. The Morgan fingerprint density at radius 1 is 0.722 bits per heavy atom. The molecule has 186 valence electrons. The average Bonchev–Trinajstić information content (AvgIpc) is 2.94. The molecule has 0 spiro atoms. The molecule has 0 saturated carbocycles. The van der Waals surface area contributed by atoms with Gasteiger partial charge in [0.2, 0.25) is 0 Å². The Labute approximate surface area is 214 Å². The molecule has 4 aromatic rings. The van der Waals surface area contributed by atoms with Crippen molar-refractivity contribution in [3.05, 3.63) is 84.4 Å². The number of fused-ring (bicyclic) bond motifs is 1. The van der Waals surface area contributed by atoms with Gasteiger partial charge in [-0.15, -0.1) is 0 Å². The maximum Gasteiger partial charge on any atom is 0.143 e. The van der Waals surface area contributed by atoms with Crippen LogP contribution in [0.4, 0.5) is 0 Å². The molecule has 1 fully saturated rings. The number of methoxy groups -OCH3 is 2. The van der Waals surface area contributed by atoms with E-state index in [2.05, 4.69) is 35.2 Å². The smallest absolute Gasteiger partial charge is 0.143 e. The molecule has 36 heavy (non-hydrogen) atoms. The summed E-state index contributed by atoms with van der Waals surface area (Å²) in [4.78, 5) is 2.61. The second-order valence-electron chi connectivity index (χ2n) is 9.48. The van der Waals surface area contributed by atoms with E-state index in [1.165, 1.54) is 37.9 Å². The van der Waals surface area contributed by atoms with Crippen molar-refractivity contribution in [2.24, 2.45) is 0 Å². The Kier molecular flexibility index (Phi) is 7.73. The third-order valence-electron chi connectivity index (χ3n) is 7.09. The van der Waals surface area contributed by atoms with Crippen molar-refractivity contribution in [1.29, 1.82) is 0 Å². The summed E-state index contributed by atoms with van der Waals surface area (Å²) in [6.45, 7) is 3.58. The topological polar surface area (TPSA) is 30.9 Å². The van der Waals surface area contributed by atoms with Crippen LogP contribution in [0.5, 0.6) is 23.0 Å². The normalized spacial score (nSPS) is 14.1. The summed E-state index contributed by atoms with van der Waals surface area (Å²) in [5, 5.41) is 2.20. The predicted molar refractivity (Wildman–Crippen MR) is 148 cm³/mol. The van der Waals surface area contributed by atoms with E-state index in [4.69, 9.17) is 14.2 Å². The van der Waals surface area contributed by atoms with E-state index in [1.807, 2.05) is 48.5 Å². The average molecular weight is 482 g/mol. The van der Waals surface area contributed by atoms with Gasteiger partial charge < -0.3 is 19.1 Å². The van der Waals surface area contributed by atoms with E-state index in [0.717, 1.165) is 64.3 Å². The molecular formula is C32H35NO3. The molecule has 4 nitrogen and oxygen atoms in total. The van der Waals surface area contributed by atoms with Gasteiger partial charge in [-0.2, -0.15) is 0 Å². The lowest BCUT2D eigenvalue weighted by atomic mass is 9.91. The first-order chi connectivity index (χ1) is 17.7. The highest BCUT2D eigenvalue weighted by Crippen LogP contribution is 2.44. The number of hydrogen-bond acceptors (Lipinski definition) is 4. The zero-order valence-electron chi connectivity index (χ0n) is 21.3. The molecule has 1 aliphatic rings. The van der Waals surface area contributed by atoms with Gasteiger partial charge in [-0.25, -0.2) is 0 Å². The van der Waals surface area contributed by atoms with Gasteiger partial charge in [0.15, 0.2) is 0 Å². The first-order valence-electron chi connectivity index (χ1n) is 13.0. The van der Waals surface area contributed by atoms with Gasteiger partial charge in [0, 0.05) is 10.9 Å². The summed E-state index contributed by atoms with van der Waals surface area (Å²) in [7, 11) is 3.42. The third-order valence-corrected chi connectivity index (χ3v) is 7.09. The second-order valence-corrected chi connectivity index (χ2v) is 9.48. The van der Waals surface area contributed by atoms with Crippen LogP contribution in [0.2, 0.25) is 0 Å². The molecule has 0 radical (unpaired) electrons. The molecule has 4 aromatic carbocycles. The SMILES string of the molecule is COc1ccc(-c2c(CCCN3CCCCC3)cc3cc(OC)ccc3c2Oc2ccccc2)cc1. The molecule has 0 bridgehead atoms.